The van der Waals surface area contributed by atoms with Crippen molar-refractivity contribution in [2.45, 2.75) is 25.8 Å². The zero-order chi connectivity index (χ0) is 20.9. The van der Waals surface area contributed by atoms with Crippen molar-refractivity contribution in [3.8, 4) is 0 Å². The smallest absolute Gasteiger partial charge is 0.244 e. The molecule has 2 aromatic carbocycles. The van der Waals surface area contributed by atoms with Gasteiger partial charge in [0, 0.05) is 38.3 Å². The molecule has 0 spiro atoms. The minimum atomic E-state index is -0.123. The average Bonchev–Trinajstić information content (AvgIpc) is 3.15. The molecule has 1 saturated heterocycles. The van der Waals surface area contributed by atoms with E-state index >= 15 is 0 Å². The number of rotatable bonds is 7. The Labute approximate surface area is 177 Å². The van der Waals surface area contributed by atoms with Gasteiger partial charge in [-0.1, -0.05) is 36.4 Å². The van der Waals surface area contributed by atoms with Gasteiger partial charge in [-0.05, 0) is 49.4 Å². The van der Waals surface area contributed by atoms with Crippen LogP contribution in [0.3, 0.4) is 0 Å². The van der Waals surface area contributed by atoms with Gasteiger partial charge in [0.05, 0.1) is 5.52 Å². The standard InChI is InChI=1S/C24H29FN4O/c1-27(24(30)18-29-17-21-9-3-5-11-23(21)26-29)15-19-7-6-13-28(16-19)14-12-20-8-2-4-10-22(20)25/h2-5,8-11,17,19H,6-7,12-16,18H2,1H3. The van der Waals surface area contributed by atoms with Crippen LogP contribution in [0.5, 0.6) is 0 Å². The van der Waals surface area contributed by atoms with E-state index in [0.717, 1.165) is 61.9 Å². The first-order valence-corrected chi connectivity index (χ1v) is 10.7. The summed E-state index contributed by atoms with van der Waals surface area (Å²) in [5.74, 6) is 0.402. The van der Waals surface area contributed by atoms with Crippen LogP contribution in [0.15, 0.2) is 54.7 Å². The highest BCUT2D eigenvalue weighted by molar-refractivity contribution is 5.79. The fraction of sp³-hybridized carbons (Fsp3) is 0.417. The highest BCUT2D eigenvalue weighted by Crippen LogP contribution is 2.19. The van der Waals surface area contributed by atoms with Crippen molar-refractivity contribution in [1.82, 2.24) is 19.6 Å². The van der Waals surface area contributed by atoms with Crippen molar-refractivity contribution in [2.24, 2.45) is 5.92 Å². The summed E-state index contributed by atoms with van der Waals surface area (Å²) in [5.41, 5.74) is 1.68. The van der Waals surface area contributed by atoms with Crippen molar-refractivity contribution in [3.05, 3.63) is 66.1 Å². The topological polar surface area (TPSA) is 41.4 Å². The molecule has 4 rings (SSSR count). The van der Waals surface area contributed by atoms with E-state index in [1.165, 1.54) is 6.07 Å². The summed E-state index contributed by atoms with van der Waals surface area (Å²) < 4.78 is 15.6. The Morgan fingerprint density at radius 1 is 1.20 bits per heavy atom. The number of fused-ring (bicyclic) bond motifs is 1. The molecular formula is C24H29FN4O. The predicted octanol–water partition coefficient (Wildman–Crippen LogP) is 3.59. The van der Waals surface area contributed by atoms with Gasteiger partial charge in [-0.3, -0.25) is 9.48 Å². The summed E-state index contributed by atoms with van der Waals surface area (Å²) in [6, 6.07) is 14.9. The second-order valence-corrected chi connectivity index (χ2v) is 8.31. The number of piperidine rings is 1. The molecule has 1 aromatic heterocycles. The fourth-order valence-electron chi connectivity index (χ4n) is 4.33. The van der Waals surface area contributed by atoms with E-state index in [1.54, 1.807) is 10.7 Å². The molecule has 1 atom stereocenters. The Kier molecular flexibility index (Phi) is 6.43. The van der Waals surface area contributed by atoms with Crippen LogP contribution in [0.25, 0.3) is 10.9 Å². The number of halogens is 1. The molecule has 0 radical (unpaired) electrons. The normalized spacial score (nSPS) is 17.3. The van der Waals surface area contributed by atoms with Crippen LogP contribution in [-0.2, 0) is 17.8 Å². The molecule has 0 aliphatic carbocycles. The molecule has 1 aliphatic heterocycles. The van der Waals surface area contributed by atoms with Crippen molar-refractivity contribution < 1.29 is 9.18 Å². The van der Waals surface area contributed by atoms with Crippen LogP contribution in [0.4, 0.5) is 4.39 Å². The molecule has 3 aromatic rings. The average molecular weight is 409 g/mol. The number of likely N-dealkylation sites (tertiary alicyclic amines) is 1. The van der Waals surface area contributed by atoms with E-state index in [1.807, 2.05) is 54.5 Å². The van der Waals surface area contributed by atoms with E-state index < -0.39 is 0 Å². The van der Waals surface area contributed by atoms with Crippen LogP contribution >= 0.6 is 0 Å². The number of hydrogen-bond acceptors (Lipinski definition) is 3. The van der Waals surface area contributed by atoms with Gasteiger partial charge < -0.3 is 9.80 Å². The molecule has 1 unspecified atom stereocenters. The molecule has 158 valence electrons. The summed E-state index contributed by atoms with van der Waals surface area (Å²) in [6.45, 7) is 3.86. The van der Waals surface area contributed by atoms with Gasteiger partial charge in [-0.2, -0.15) is 5.10 Å². The lowest BCUT2D eigenvalue weighted by Gasteiger charge is -2.34. The maximum absolute atomic E-state index is 13.9. The molecule has 5 nitrogen and oxygen atoms in total. The molecule has 6 heteroatoms. The van der Waals surface area contributed by atoms with Gasteiger partial charge in [-0.25, -0.2) is 4.39 Å². The van der Waals surface area contributed by atoms with Gasteiger partial charge >= 0.3 is 0 Å². The summed E-state index contributed by atoms with van der Waals surface area (Å²) in [7, 11) is 1.88. The molecule has 0 bridgehead atoms. The molecule has 2 heterocycles. The first kappa shape index (κ1) is 20.5. The Morgan fingerprint density at radius 3 is 2.83 bits per heavy atom. The number of amides is 1. The van der Waals surface area contributed by atoms with E-state index in [4.69, 9.17) is 0 Å². The summed E-state index contributed by atoms with van der Waals surface area (Å²) in [6.07, 6.45) is 4.89. The van der Waals surface area contributed by atoms with E-state index in [-0.39, 0.29) is 18.3 Å². The zero-order valence-electron chi connectivity index (χ0n) is 17.5. The molecule has 30 heavy (non-hydrogen) atoms. The molecule has 1 fully saturated rings. The Hall–Kier alpha value is -2.73. The minimum Gasteiger partial charge on any atom is -0.344 e. The molecule has 0 saturated carbocycles. The first-order chi connectivity index (χ1) is 14.6. The highest BCUT2D eigenvalue weighted by atomic mass is 19.1. The zero-order valence-corrected chi connectivity index (χ0v) is 17.5. The number of carbonyl (C=O) groups excluding carboxylic acids is 1. The number of carbonyl (C=O) groups is 1. The third-order valence-corrected chi connectivity index (χ3v) is 5.97. The highest BCUT2D eigenvalue weighted by Gasteiger charge is 2.23. The number of nitrogens with zero attached hydrogens (tertiary/aromatic N) is 4. The Bertz CT molecular complexity index is 969. The van der Waals surface area contributed by atoms with Crippen LogP contribution in [0.1, 0.15) is 18.4 Å². The maximum atomic E-state index is 13.9. The lowest BCUT2D eigenvalue weighted by molar-refractivity contribution is -0.131. The molecule has 0 N–H and O–H groups in total. The number of aromatic nitrogens is 2. The second-order valence-electron chi connectivity index (χ2n) is 8.31. The van der Waals surface area contributed by atoms with Gasteiger partial charge in [0.2, 0.25) is 5.91 Å². The first-order valence-electron chi connectivity index (χ1n) is 10.7. The third kappa shape index (κ3) is 5.05. The molecule has 1 amide bonds. The van der Waals surface area contributed by atoms with Crippen LogP contribution in [0, 0.1) is 11.7 Å². The molecular weight excluding hydrogens is 379 g/mol. The lowest BCUT2D eigenvalue weighted by Crippen LogP contribution is -2.43. The van der Waals surface area contributed by atoms with Gasteiger partial charge in [0.25, 0.3) is 0 Å². The van der Waals surface area contributed by atoms with E-state index in [0.29, 0.717) is 5.92 Å². The quantitative estimate of drug-likeness (QED) is 0.600. The largest absolute Gasteiger partial charge is 0.344 e. The minimum absolute atomic E-state index is 0.0753. The molecule has 1 aliphatic rings. The second kappa shape index (κ2) is 9.39. The van der Waals surface area contributed by atoms with Crippen molar-refractivity contribution in [3.63, 3.8) is 0 Å². The van der Waals surface area contributed by atoms with Gasteiger partial charge in [0.15, 0.2) is 0 Å². The van der Waals surface area contributed by atoms with E-state index in [9.17, 15) is 9.18 Å². The summed E-state index contributed by atoms with van der Waals surface area (Å²) in [5, 5.41) is 5.53. The Morgan fingerprint density at radius 2 is 2.00 bits per heavy atom. The monoisotopic (exact) mass is 408 g/mol. The van der Waals surface area contributed by atoms with Crippen LogP contribution in [-0.4, -0.2) is 58.7 Å². The SMILES string of the molecule is CN(CC1CCCN(CCc2ccccc2F)C1)C(=O)Cn1cc2ccccc2n1. The third-order valence-electron chi connectivity index (χ3n) is 5.97. The summed E-state index contributed by atoms with van der Waals surface area (Å²) in [4.78, 5) is 16.9. The number of benzene rings is 2. The predicted molar refractivity (Wildman–Crippen MR) is 117 cm³/mol. The lowest BCUT2D eigenvalue weighted by atomic mass is 9.97. The van der Waals surface area contributed by atoms with Gasteiger partial charge in [-0.15, -0.1) is 0 Å². The van der Waals surface area contributed by atoms with E-state index in [2.05, 4.69) is 10.00 Å². The number of likely N-dealkylation sites (N-methyl/N-ethyl adjacent to an activating group) is 1. The Balaban J connectivity index is 1.27. The van der Waals surface area contributed by atoms with Crippen molar-refractivity contribution in [2.75, 3.05) is 33.2 Å². The number of hydrogen-bond donors (Lipinski definition) is 0. The fourth-order valence-corrected chi connectivity index (χ4v) is 4.33. The summed E-state index contributed by atoms with van der Waals surface area (Å²) >= 11 is 0. The van der Waals surface area contributed by atoms with Crippen molar-refractivity contribution >= 4 is 16.8 Å². The maximum Gasteiger partial charge on any atom is 0.244 e. The van der Waals surface area contributed by atoms with Gasteiger partial charge in [0.1, 0.15) is 12.4 Å². The van der Waals surface area contributed by atoms with Crippen molar-refractivity contribution in [1.29, 1.82) is 0 Å². The van der Waals surface area contributed by atoms with Crippen LogP contribution in [0.2, 0.25) is 0 Å². The van der Waals surface area contributed by atoms with Crippen LogP contribution < -0.4 is 0 Å².